The molecule has 3 nitrogen and oxygen atoms in total. The van der Waals surface area contributed by atoms with Gasteiger partial charge in [-0.3, -0.25) is 4.90 Å². The van der Waals surface area contributed by atoms with Crippen molar-refractivity contribution in [3.8, 4) is 0 Å². The van der Waals surface area contributed by atoms with Crippen molar-refractivity contribution in [3.05, 3.63) is 15.6 Å². The van der Waals surface area contributed by atoms with E-state index >= 15 is 0 Å². The van der Waals surface area contributed by atoms with Gasteiger partial charge in [0.15, 0.2) is 0 Å². The van der Waals surface area contributed by atoms with Crippen LogP contribution in [-0.4, -0.2) is 28.0 Å². The van der Waals surface area contributed by atoms with E-state index in [4.69, 9.17) is 10.7 Å². The molecule has 2 aliphatic heterocycles. The van der Waals surface area contributed by atoms with Crippen LogP contribution < -0.4 is 5.73 Å². The molecule has 2 fully saturated rings. The molecule has 2 saturated heterocycles. The summed E-state index contributed by atoms with van der Waals surface area (Å²) in [5.74, 6) is 0. The molecule has 0 radical (unpaired) electrons. The third-order valence-corrected chi connectivity index (χ3v) is 5.51. The maximum Gasteiger partial charge on any atom is 0.0900 e. The van der Waals surface area contributed by atoms with Gasteiger partial charge in [-0.25, -0.2) is 4.98 Å². The van der Waals surface area contributed by atoms with Crippen molar-refractivity contribution in [2.75, 3.05) is 0 Å². The fourth-order valence-corrected chi connectivity index (χ4v) is 4.87. The van der Waals surface area contributed by atoms with E-state index in [2.05, 4.69) is 25.7 Å². The summed E-state index contributed by atoms with van der Waals surface area (Å²) >= 11 is 1.82. The lowest BCUT2D eigenvalue weighted by Crippen LogP contribution is -2.48. The SMILES string of the molecule is Cc1nc(C(C)N2C3CCC2CC(N)C3)c(C)s1. The van der Waals surface area contributed by atoms with E-state index in [1.807, 2.05) is 11.3 Å². The summed E-state index contributed by atoms with van der Waals surface area (Å²) in [5.41, 5.74) is 7.45. The second-order valence-corrected chi connectivity index (χ2v) is 7.32. The maximum absolute atomic E-state index is 6.15. The summed E-state index contributed by atoms with van der Waals surface area (Å²) in [6.07, 6.45) is 4.99. The van der Waals surface area contributed by atoms with Crippen LogP contribution in [0.1, 0.15) is 54.2 Å². The smallest absolute Gasteiger partial charge is 0.0900 e. The molecule has 3 atom stereocenters. The summed E-state index contributed by atoms with van der Waals surface area (Å²) in [6, 6.07) is 2.26. The molecule has 0 aliphatic carbocycles. The molecule has 2 bridgehead atoms. The Hall–Kier alpha value is -0.450. The van der Waals surface area contributed by atoms with Crippen molar-refractivity contribution in [1.29, 1.82) is 0 Å². The van der Waals surface area contributed by atoms with Crippen LogP contribution in [0, 0.1) is 13.8 Å². The average molecular weight is 265 g/mol. The molecule has 3 heterocycles. The minimum atomic E-state index is 0.421. The van der Waals surface area contributed by atoms with Crippen LogP contribution in [0.2, 0.25) is 0 Å². The van der Waals surface area contributed by atoms with E-state index in [1.165, 1.54) is 41.3 Å². The van der Waals surface area contributed by atoms with E-state index < -0.39 is 0 Å². The highest BCUT2D eigenvalue weighted by Crippen LogP contribution is 2.41. The van der Waals surface area contributed by atoms with Gasteiger partial charge in [0.2, 0.25) is 0 Å². The van der Waals surface area contributed by atoms with Crippen molar-refractivity contribution >= 4 is 11.3 Å². The third kappa shape index (κ3) is 2.00. The highest BCUT2D eigenvalue weighted by Gasteiger charge is 2.42. The van der Waals surface area contributed by atoms with Crippen LogP contribution in [0.15, 0.2) is 0 Å². The number of aromatic nitrogens is 1. The molecule has 4 heteroatoms. The first kappa shape index (κ1) is 12.6. The molecule has 100 valence electrons. The largest absolute Gasteiger partial charge is 0.328 e. The lowest BCUT2D eigenvalue weighted by Gasteiger charge is -2.41. The Morgan fingerprint density at radius 3 is 2.39 bits per heavy atom. The van der Waals surface area contributed by atoms with Gasteiger partial charge in [0.1, 0.15) is 0 Å². The molecular weight excluding hydrogens is 242 g/mol. The Morgan fingerprint density at radius 1 is 1.28 bits per heavy atom. The summed E-state index contributed by atoms with van der Waals surface area (Å²) in [6.45, 7) is 6.63. The van der Waals surface area contributed by atoms with Crippen LogP contribution >= 0.6 is 11.3 Å². The predicted molar refractivity (Wildman–Crippen MR) is 75.9 cm³/mol. The van der Waals surface area contributed by atoms with E-state index in [0.717, 1.165) is 0 Å². The standard InChI is InChI=1S/C14H23N3S/c1-8(14-9(2)18-10(3)16-14)17-12-4-5-13(17)7-11(15)6-12/h8,11-13H,4-7,15H2,1-3H3. The fourth-order valence-electron chi connectivity index (χ4n) is 3.96. The van der Waals surface area contributed by atoms with Crippen molar-refractivity contribution in [2.24, 2.45) is 5.73 Å². The Kier molecular flexibility index (Phi) is 3.20. The number of nitrogens with zero attached hydrogens (tertiary/aromatic N) is 2. The molecule has 0 saturated carbocycles. The van der Waals surface area contributed by atoms with Crippen molar-refractivity contribution in [1.82, 2.24) is 9.88 Å². The highest BCUT2D eigenvalue weighted by molar-refractivity contribution is 7.11. The second-order valence-electron chi connectivity index (χ2n) is 5.91. The lowest BCUT2D eigenvalue weighted by molar-refractivity contribution is 0.0834. The minimum absolute atomic E-state index is 0.421. The van der Waals surface area contributed by atoms with Crippen LogP contribution in [0.25, 0.3) is 0 Å². The maximum atomic E-state index is 6.15. The van der Waals surface area contributed by atoms with Crippen molar-refractivity contribution in [3.63, 3.8) is 0 Å². The van der Waals surface area contributed by atoms with Gasteiger partial charge in [-0.2, -0.15) is 0 Å². The van der Waals surface area contributed by atoms with Gasteiger partial charge in [0.05, 0.1) is 16.7 Å². The average Bonchev–Trinajstić information content (AvgIpc) is 2.76. The first-order valence-corrected chi connectivity index (χ1v) is 7.85. The van der Waals surface area contributed by atoms with E-state index in [-0.39, 0.29) is 0 Å². The number of piperidine rings is 1. The number of hydrogen-bond acceptors (Lipinski definition) is 4. The third-order valence-electron chi connectivity index (χ3n) is 4.61. The van der Waals surface area contributed by atoms with E-state index in [9.17, 15) is 0 Å². The Balaban J connectivity index is 1.85. The quantitative estimate of drug-likeness (QED) is 0.894. The molecular formula is C14H23N3S. The van der Waals surface area contributed by atoms with Crippen LogP contribution in [0.4, 0.5) is 0 Å². The summed E-state index contributed by atoms with van der Waals surface area (Å²) in [4.78, 5) is 8.83. The monoisotopic (exact) mass is 265 g/mol. The van der Waals surface area contributed by atoms with Crippen molar-refractivity contribution in [2.45, 2.75) is 70.6 Å². The van der Waals surface area contributed by atoms with E-state index in [0.29, 0.717) is 24.2 Å². The van der Waals surface area contributed by atoms with Crippen LogP contribution in [0.5, 0.6) is 0 Å². The van der Waals surface area contributed by atoms with Gasteiger partial charge in [0, 0.05) is 23.0 Å². The normalized spacial score (nSPS) is 33.9. The molecule has 1 aromatic heterocycles. The Bertz CT molecular complexity index is 428. The zero-order valence-electron chi connectivity index (χ0n) is 11.5. The number of aryl methyl sites for hydroxylation is 2. The van der Waals surface area contributed by atoms with Crippen LogP contribution in [-0.2, 0) is 0 Å². The molecule has 0 spiro atoms. The number of fused-ring (bicyclic) bond motifs is 2. The molecule has 3 rings (SSSR count). The van der Waals surface area contributed by atoms with E-state index in [1.54, 1.807) is 0 Å². The zero-order chi connectivity index (χ0) is 12.9. The molecule has 2 N–H and O–H groups in total. The topological polar surface area (TPSA) is 42.2 Å². The minimum Gasteiger partial charge on any atom is -0.328 e. The fraction of sp³-hybridized carbons (Fsp3) is 0.786. The number of rotatable bonds is 2. The molecule has 1 aromatic rings. The number of nitrogens with two attached hydrogens (primary N) is 1. The van der Waals surface area contributed by atoms with Gasteiger partial charge in [-0.15, -0.1) is 11.3 Å². The van der Waals surface area contributed by atoms with Crippen LogP contribution in [0.3, 0.4) is 0 Å². The molecule has 0 amide bonds. The first-order chi connectivity index (χ1) is 8.56. The zero-order valence-corrected chi connectivity index (χ0v) is 12.3. The highest BCUT2D eigenvalue weighted by atomic mass is 32.1. The Morgan fingerprint density at radius 2 is 1.89 bits per heavy atom. The van der Waals surface area contributed by atoms with Gasteiger partial charge in [-0.05, 0) is 46.5 Å². The van der Waals surface area contributed by atoms with Gasteiger partial charge in [0.25, 0.3) is 0 Å². The van der Waals surface area contributed by atoms with Gasteiger partial charge < -0.3 is 5.73 Å². The number of thiazole rings is 1. The molecule has 3 unspecified atom stereocenters. The molecule has 0 aromatic carbocycles. The summed E-state index contributed by atoms with van der Waals surface area (Å²) < 4.78 is 0. The second kappa shape index (κ2) is 4.58. The van der Waals surface area contributed by atoms with Gasteiger partial charge >= 0.3 is 0 Å². The Labute approximate surface area is 113 Å². The van der Waals surface area contributed by atoms with Crippen molar-refractivity contribution < 1.29 is 0 Å². The summed E-state index contributed by atoms with van der Waals surface area (Å²) in [5, 5.41) is 1.19. The molecule has 2 aliphatic rings. The number of hydrogen-bond donors (Lipinski definition) is 1. The van der Waals surface area contributed by atoms with Gasteiger partial charge in [-0.1, -0.05) is 0 Å². The molecule has 18 heavy (non-hydrogen) atoms. The summed E-state index contributed by atoms with van der Waals surface area (Å²) in [7, 11) is 0. The predicted octanol–water partition coefficient (Wildman–Crippen LogP) is 2.78. The lowest BCUT2D eigenvalue weighted by atomic mass is 9.95. The first-order valence-electron chi connectivity index (χ1n) is 7.03.